The highest BCUT2D eigenvalue weighted by Gasteiger charge is 2.02. The van der Waals surface area contributed by atoms with E-state index in [0.717, 1.165) is 4.47 Å². The largest absolute Gasteiger partial charge is 0.464 e. The molecule has 0 unspecified atom stereocenters. The molecule has 0 heterocycles. The van der Waals surface area contributed by atoms with Gasteiger partial charge in [0.25, 0.3) is 0 Å². The fraction of sp³-hybridized carbons (Fsp3) is 0.333. The van der Waals surface area contributed by atoms with E-state index in [1.165, 1.54) is 6.07 Å². The highest BCUT2D eigenvalue weighted by molar-refractivity contribution is 9.10. The molecule has 0 saturated carbocycles. The Balaban J connectivity index is 2.59. The van der Waals surface area contributed by atoms with Crippen molar-refractivity contribution in [2.45, 2.75) is 6.92 Å². The van der Waals surface area contributed by atoms with Gasteiger partial charge in [0, 0.05) is 11.1 Å². The maximum absolute atomic E-state index is 13.0. The van der Waals surface area contributed by atoms with Crippen LogP contribution in [0.3, 0.4) is 0 Å². The highest BCUT2D eigenvalue weighted by atomic mass is 79.9. The van der Waals surface area contributed by atoms with Gasteiger partial charge in [-0.05, 0) is 25.1 Å². The lowest BCUT2D eigenvalue weighted by atomic mass is 10.3. The van der Waals surface area contributed by atoms with E-state index in [-0.39, 0.29) is 18.4 Å². The first kappa shape index (κ1) is 10.5. The second kappa shape index (κ2) is 5.19. The zero-order valence-electron chi connectivity index (χ0n) is 7.22. The third-order valence-corrected chi connectivity index (χ3v) is 1.89. The van der Waals surface area contributed by atoms with E-state index in [4.69, 9.17) is 9.47 Å². The molecule has 0 saturated heterocycles. The van der Waals surface area contributed by atoms with Crippen molar-refractivity contribution in [3.63, 3.8) is 0 Å². The summed E-state index contributed by atoms with van der Waals surface area (Å²) in [4.78, 5) is 0. The molecule has 1 aromatic rings. The van der Waals surface area contributed by atoms with Crippen molar-refractivity contribution in [2.24, 2.45) is 0 Å². The van der Waals surface area contributed by atoms with Crippen LogP contribution in [0.2, 0.25) is 0 Å². The zero-order chi connectivity index (χ0) is 9.68. The summed E-state index contributed by atoms with van der Waals surface area (Å²) >= 11 is 3.22. The molecular weight excluding hydrogens is 239 g/mol. The predicted molar refractivity (Wildman–Crippen MR) is 51.2 cm³/mol. The van der Waals surface area contributed by atoms with Gasteiger partial charge in [-0.25, -0.2) is 4.39 Å². The molecule has 13 heavy (non-hydrogen) atoms. The van der Waals surface area contributed by atoms with Crippen LogP contribution in [-0.2, 0) is 4.74 Å². The van der Waals surface area contributed by atoms with Crippen LogP contribution in [-0.4, -0.2) is 13.4 Å². The number of hydrogen-bond acceptors (Lipinski definition) is 2. The molecule has 0 amide bonds. The van der Waals surface area contributed by atoms with Crippen LogP contribution >= 0.6 is 15.9 Å². The van der Waals surface area contributed by atoms with Gasteiger partial charge < -0.3 is 9.47 Å². The molecule has 0 N–H and O–H groups in total. The fourth-order valence-electron chi connectivity index (χ4n) is 0.776. The fourth-order valence-corrected chi connectivity index (χ4v) is 1.12. The third kappa shape index (κ3) is 3.32. The molecule has 0 atom stereocenters. The summed E-state index contributed by atoms with van der Waals surface area (Å²) in [5.41, 5.74) is 0. The second-order valence-electron chi connectivity index (χ2n) is 2.33. The van der Waals surface area contributed by atoms with Gasteiger partial charge in [-0.15, -0.1) is 0 Å². The Labute approximate surface area is 84.8 Å². The van der Waals surface area contributed by atoms with E-state index >= 15 is 0 Å². The monoisotopic (exact) mass is 248 g/mol. The minimum Gasteiger partial charge on any atom is -0.464 e. The molecule has 0 spiro atoms. The topological polar surface area (TPSA) is 18.5 Å². The first-order chi connectivity index (χ1) is 6.24. The van der Waals surface area contributed by atoms with Gasteiger partial charge in [-0.3, -0.25) is 0 Å². The predicted octanol–water partition coefficient (Wildman–Crippen LogP) is 2.96. The molecule has 0 bridgehead atoms. The molecule has 2 nitrogen and oxygen atoms in total. The lowest BCUT2D eigenvalue weighted by Crippen LogP contribution is -2.03. The van der Waals surface area contributed by atoms with Crippen LogP contribution in [0.15, 0.2) is 22.7 Å². The number of halogens is 2. The standard InChI is InChI=1S/C9H10BrFO2/c1-2-12-6-13-9-5-7(10)3-4-8(9)11/h3-5H,2,6H2,1H3. The van der Waals surface area contributed by atoms with Crippen molar-refractivity contribution in [2.75, 3.05) is 13.4 Å². The van der Waals surface area contributed by atoms with Crippen LogP contribution in [0.5, 0.6) is 5.75 Å². The van der Waals surface area contributed by atoms with Crippen molar-refractivity contribution >= 4 is 15.9 Å². The van der Waals surface area contributed by atoms with Crippen LogP contribution in [0.1, 0.15) is 6.92 Å². The Morgan fingerprint density at radius 3 is 2.92 bits per heavy atom. The van der Waals surface area contributed by atoms with Crippen molar-refractivity contribution in [3.05, 3.63) is 28.5 Å². The number of rotatable bonds is 4. The summed E-state index contributed by atoms with van der Waals surface area (Å²) < 4.78 is 23.7. The zero-order valence-corrected chi connectivity index (χ0v) is 8.80. The van der Waals surface area contributed by atoms with E-state index in [1.54, 1.807) is 12.1 Å². The molecule has 0 aliphatic heterocycles. The van der Waals surface area contributed by atoms with Gasteiger partial charge >= 0.3 is 0 Å². The van der Waals surface area contributed by atoms with Crippen LogP contribution in [0.4, 0.5) is 4.39 Å². The normalized spacial score (nSPS) is 10.1. The molecule has 1 aromatic carbocycles. The van der Waals surface area contributed by atoms with Gasteiger partial charge in [0.2, 0.25) is 0 Å². The van der Waals surface area contributed by atoms with Gasteiger partial charge in [0.15, 0.2) is 18.4 Å². The Morgan fingerprint density at radius 2 is 2.23 bits per heavy atom. The van der Waals surface area contributed by atoms with E-state index in [9.17, 15) is 4.39 Å². The van der Waals surface area contributed by atoms with Crippen molar-refractivity contribution in [1.29, 1.82) is 0 Å². The average Bonchev–Trinajstić information content (AvgIpc) is 2.11. The number of benzene rings is 1. The van der Waals surface area contributed by atoms with Gasteiger partial charge in [0.05, 0.1) is 0 Å². The van der Waals surface area contributed by atoms with Crippen molar-refractivity contribution in [1.82, 2.24) is 0 Å². The minimum atomic E-state index is -0.386. The molecule has 72 valence electrons. The van der Waals surface area contributed by atoms with Crippen LogP contribution in [0, 0.1) is 5.82 Å². The molecule has 0 radical (unpaired) electrons. The Hall–Kier alpha value is -0.610. The summed E-state index contributed by atoms with van der Waals surface area (Å²) in [5, 5.41) is 0. The molecule has 0 aliphatic rings. The lowest BCUT2D eigenvalue weighted by Gasteiger charge is -2.06. The summed E-state index contributed by atoms with van der Waals surface area (Å²) in [5.74, 6) is -0.189. The maximum Gasteiger partial charge on any atom is 0.189 e. The average molecular weight is 249 g/mol. The quantitative estimate of drug-likeness (QED) is 0.603. The summed E-state index contributed by atoms with van der Waals surface area (Å²) in [6.45, 7) is 2.47. The maximum atomic E-state index is 13.0. The Morgan fingerprint density at radius 1 is 1.46 bits per heavy atom. The highest BCUT2D eigenvalue weighted by Crippen LogP contribution is 2.21. The SMILES string of the molecule is CCOCOc1cc(Br)ccc1F. The molecule has 0 fully saturated rings. The molecule has 0 aromatic heterocycles. The Bertz CT molecular complexity index is 278. The van der Waals surface area contributed by atoms with Gasteiger partial charge in [-0.2, -0.15) is 0 Å². The van der Waals surface area contributed by atoms with Crippen LogP contribution < -0.4 is 4.74 Å². The van der Waals surface area contributed by atoms with Crippen LogP contribution in [0.25, 0.3) is 0 Å². The van der Waals surface area contributed by atoms with Gasteiger partial charge in [0.1, 0.15) is 0 Å². The van der Waals surface area contributed by atoms with Gasteiger partial charge in [-0.1, -0.05) is 15.9 Å². The van der Waals surface area contributed by atoms with E-state index in [2.05, 4.69) is 15.9 Å². The minimum absolute atomic E-state index is 0.0733. The summed E-state index contributed by atoms with van der Waals surface area (Å²) in [6, 6.07) is 4.52. The molecular formula is C9H10BrFO2. The van der Waals surface area contributed by atoms with E-state index in [0.29, 0.717) is 6.61 Å². The molecule has 0 aliphatic carbocycles. The summed E-state index contributed by atoms with van der Waals surface area (Å²) in [7, 11) is 0. The number of hydrogen-bond donors (Lipinski definition) is 0. The lowest BCUT2D eigenvalue weighted by molar-refractivity contribution is 0.0201. The molecule has 1 rings (SSSR count). The van der Waals surface area contributed by atoms with E-state index < -0.39 is 0 Å². The van der Waals surface area contributed by atoms with Crippen molar-refractivity contribution in [3.8, 4) is 5.75 Å². The molecule has 4 heteroatoms. The number of ether oxygens (including phenoxy) is 2. The first-order valence-corrected chi connectivity index (χ1v) is 4.69. The Kier molecular flexibility index (Phi) is 4.18. The summed E-state index contributed by atoms with van der Waals surface area (Å²) in [6.07, 6.45) is 0. The third-order valence-electron chi connectivity index (χ3n) is 1.40. The second-order valence-corrected chi connectivity index (χ2v) is 3.25. The van der Waals surface area contributed by atoms with E-state index in [1.807, 2.05) is 6.92 Å². The smallest absolute Gasteiger partial charge is 0.189 e. The van der Waals surface area contributed by atoms with Crippen molar-refractivity contribution < 1.29 is 13.9 Å². The first-order valence-electron chi connectivity index (χ1n) is 3.89.